The molecule has 0 aliphatic carbocycles. The predicted octanol–water partition coefficient (Wildman–Crippen LogP) is 2.19. The lowest BCUT2D eigenvalue weighted by Crippen LogP contribution is -2.26. The molecule has 0 fully saturated rings. The Labute approximate surface area is 154 Å². The summed E-state index contributed by atoms with van der Waals surface area (Å²) in [6.45, 7) is 0.263. The van der Waals surface area contributed by atoms with Crippen molar-refractivity contribution < 1.29 is 9.32 Å². The minimum atomic E-state index is -0.189. The summed E-state index contributed by atoms with van der Waals surface area (Å²) >= 11 is 0. The molecular weight excluding hydrogens is 346 g/mol. The number of hydrogen-bond donors (Lipinski definition) is 1. The predicted molar refractivity (Wildman–Crippen MR) is 95.1 cm³/mol. The second-order valence-electron chi connectivity index (χ2n) is 5.84. The van der Waals surface area contributed by atoms with Crippen LogP contribution in [0.25, 0.3) is 22.8 Å². The molecule has 0 saturated carbocycles. The third kappa shape index (κ3) is 3.43. The molecule has 134 valence electrons. The maximum absolute atomic E-state index is 12.9. The highest BCUT2D eigenvalue weighted by Crippen LogP contribution is 2.22. The van der Waals surface area contributed by atoms with Crippen molar-refractivity contribution in [1.29, 1.82) is 0 Å². The van der Waals surface area contributed by atoms with Crippen molar-refractivity contribution in [3.05, 3.63) is 66.1 Å². The van der Waals surface area contributed by atoms with E-state index in [4.69, 9.17) is 4.52 Å². The molecule has 0 atom stereocenters. The Hall–Kier alpha value is -3.88. The summed E-state index contributed by atoms with van der Waals surface area (Å²) in [6, 6.07) is 14.4. The van der Waals surface area contributed by atoms with Crippen molar-refractivity contribution in [3.8, 4) is 22.8 Å². The van der Waals surface area contributed by atoms with Gasteiger partial charge in [-0.25, -0.2) is 0 Å². The summed E-state index contributed by atoms with van der Waals surface area (Å²) in [6.07, 6.45) is 1.69. The molecule has 27 heavy (non-hydrogen) atoms. The summed E-state index contributed by atoms with van der Waals surface area (Å²) < 4.78 is 5.35. The lowest BCUT2D eigenvalue weighted by atomic mass is 10.1. The number of amides is 1. The maximum Gasteiger partial charge on any atom is 0.254 e. The van der Waals surface area contributed by atoms with Crippen LogP contribution in [0.1, 0.15) is 16.1 Å². The van der Waals surface area contributed by atoms with Crippen molar-refractivity contribution in [1.82, 2.24) is 35.7 Å². The molecule has 3 heterocycles. The highest BCUT2D eigenvalue weighted by Gasteiger charge is 2.20. The fraction of sp³-hybridized carbons (Fsp3) is 0.111. The normalized spacial score (nSPS) is 10.7. The topological polar surface area (TPSA) is 114 Å². The van der Waals surface area contributed by atoms with Crippen LogP contribution < -0.4 is 0 Å². The number of nitrogens with one attached hydrogen (secondary N) is 1. The molecule has 0 aliphatic rings. The number of carbonyl (C=O) groups excluding carboxylic acids is 1. The number of benzene rings is 1. The first-order valence-corrected chi connectivity index (χ1v) is 8.17. The van der Waals surface area contributed by atoms with Gasteiger partial charge in [-0.15, -0.1) is 10.2 Å². The minimum absolute atomic E-state index is 0.189. The standard InChI is InChI=1S/C18H15N7O2/c1-25(11-12-10-16(22-27-12)15-8-4-5-9-19-15)18(26)14-7-3-2-6-13(14)17-20-23-24-21-17/h2-10H,11H2,1H3,(H,20,21,23,24). The molecule has 1 N–H and O–H groups in total. The third-order valence-electron chi connectivity index (χ3n) is 3.97. The van der Waals surface area contributed by atoms with Crippen LogP contribution >= 0.6 is 0 Å². The van der Waals surface area contributed by atoms with Gasteiger partial charge >= 0.3 is 0 Å². The van der Waals surface area contributed by atoms with Gasteiger partial charge in [0.1, 0.15) is 5.69 Å². The third-order valence-corrected chi connectivity index (χ3v) is 3.97. The number of carbonyl (C=O) groups is 1. The SMILES string of the molecule is CN(Cc1cc(-c2ccccn2)no1)C(=O)c1ccccc1-c1nn[nH]n1. The molecule has 0 spiro atoms. The van der Waals surface area contributed by atoms with E-state index in [1.807, 2.05) is 24.3 Å². The van der Waals surface area contributed by atoms with E-state index in [2.05, 4.69) is 30.8 Å². The van der Waals surface area contributed by atoms with E-state index >= 15 is 0 Å². The molecule has 4 aromatic rings. The first-order chi connectivity index (χ1) is 13.2. The average molecular weight is 361 g/mol. The average Bonchev–Trinajstić information content (AvgIpc) is 3.40. The number of H-pyrrole nitrogens is 1. The second-order valence-corrected chi connectivity index (χ2v) is 5.84. The Morgan fingerprint density at radius 1 is 1.15 bits per heavy atom. The zero-order chi connectivity index (χ0) is 18.6. The van der Waals surface area contributed by atoms with Gasteiger partial charge in [0.15, 0.2) is 5.76 Å². The first kappa shape index (κ1) is 16.6. The lowest BCUT2D eigenvalue weighted by molar-refractivity contribution is 0.0773. The van der Waals surface area contributed by atoms with Gasteiger partial charge in [-0.05, 0) is 23.4 Å². The minimum Gasteiger partial charge on any atom is -0.359 e. The number of aromatic amines is 1. The number of aromatic nitrogens is 6. The van der Waals surface area contributed by atoms with Gasteiger partial charge in [-0.1, -0.05) is 29.4 Å². The smallest absolute Gasteiger partial charge is 0.254 e. The molecule has 4 rings (SSSR count). The van der Waals surface area contributed by atoms with E-state index < -0.39 is 0 Å². The number of nitrogens with zero attached hydrogens (tertiary/aromatic N) is 6. The van der Waals surface area contributed by atoms with E-state index in [0.717, 1.165) is 0 Å². The number of hydrogen-bond acceptors (Lipinski definition) is 7. The van der Waals surface area contributed by atoms with Crippen LogP contribution in [0.2, 0.25) is 0 Å². The molecule has 0 aliphatic heterocycles. The fourth-order valence-corrected chi connectivity index (χ4v) is 2.67. The van der Waals surface area contributed by atoms with Crippen LogP contribution in [0.4, 0.5) is 0 Å². The molecule has 9 nitrogen and oxygen atoms in total. The van der Waals surface area contributed by atoms with E-state index in [9.17, 15) is 4.79 Å². The maximum atomic E-state index is 12.9. The number of pyridine rings is 1. The van der Waals surface area contributed by atoms with Gasteiger partial charge in [0.05, 0.1) is 17.8 Å². The Bertz CT molecular complexity index is 1040. The van der Waals surface area contributed by atoms with Crippen molar-refractivity contribution in [2.45, 2.75) is 6.54 Å². The lowest BCUT2D eigenvalue weighted by Gasteiger charge is -2.16. The summed E-state index contributed by atoms with van der Waals surface area (Å²) in [4.78, 5) is 18.7. The quantitative estimate of drug-likeness (QED) is 0.579. The Morgan fingerprint density at radius 2 is 2.00 bits per heavy atom. The Morgan fingerprint density at radius 3 is 2.78 bits per heavy atom. The molecule has 0 saturated heterocycles. The first-order valence-electron chi connectivity index (χ1n) is 8.17. The molecule has 0 unspecified atom stereocenters. The van der Waals surface area contributed by atoms with Crippen LogP contribution in [0.3, 0.4) is 0 Å². The monoisotopic (exact) mass is 361 g/mol. The van der Waals surface area contributed by atoms with Crippen molar-refractivity contribution in [2.24, 2.45) is 0 Å². The van der Waals surface area contributed by atoms with Crippen LogP contribution in [0, 0.1) is 0 Å². The van der Waals surface area contributed by atoms with Crippen molar-refractivity contribution in [2.75, 3.05) is 7.05 Å². The van der Waals surface area contributed by atoms with Gasteiger partial charge < -0.3 is 9.42 Å². The molecule has 3 aromatic heterocycles. The zero-order valence-electron chi connectivity index (χ0n) is 14.4. The van der Waals surface area contributed by atoms with E-state index in [-0.39, 0.29) is 12.5 Å². The van der Waals surface area contributed by atoms with E-state index in [1.54, 1.807) is 42.4 Å². The fourth-order valence-electron chi connectivity index (χ4n) is 2.67. The number of rotatable bonds is 5. The van der Waals surface area contributed by atoms with Gasteiger partial charge in [0.25, 0.3) is 5.91 Å². The van der Waals surface area contributed by atoms with Crippen molar-refractivity contribution in [3.63, 3.8) is 0 Å². The van der Waals surface area contributed by atoms with Gasteiger partial charge in [0, 0.05) is 24.9 Å². The summed E-state index contributed by atoms with van der Waals surface area (Å²) in [5, 5.41) is 17.9. The van der Waals surface area contributed by atoms with Gasteiger partial charge in [0.2, 0.25) is 5.82 Å². The zero-order valence-corrected chi connectivity index (χ0v) is 14.4. The van der Waals surface area contributed by atoms with Crippen LogP contribution in [0.5, 0.6) is 0 Å². The molecule has 1 amide bonds. The number of tetrazole rings is 1. The molecular formula is C18H15N7O2. The molecule has 1 aromatic carbocycles. The highest BCUT2D eigenvalue weighted by atomic mass is 16.5. The van der Waals surface area contributed by atoms with Crippen LogP contribution in [0.15, 0.2) is 59.3 Å². The van der Waals surface area contributed by atoms with Crippen LogP contribution in [-0.2, 0) is 6.54 Å². The van der Waals surface area contributed by atoms with Crippen molar-refractivity contribution >= 4 is 5.91 Å². The highest BCUT2D eigenvalue weighted by molar-refractivity contribution is 5.99. The Balaban J connectivity index is 1.54. The second kappa shape index (κ2) is 7.16. The molecule has 0 radical (unpaired) electrons. The van der Waals surface area contributed by atoms with E-state index in [0.29, 0.717) is 34.1 Å². The molecule has 9 heteroatoms. The van der Waals surface area contributed by atoms with Gasteiger partial charge in [-0.3, -0.25) is 9.78 Å². The summed E-state index contributed by atoms with van der Waals surface area (Å²) in [5.74, 6) is 0.735. The summed E-state index contributed by atoms with van der Waals surface area (Å²) in [5.41, 5.74) is 2.42. The largest absolute Gasteiger partial charge is 0.359 e. The molecule has 0 bridgehead atoms. The van der Waals surface area contributed by atoms with E-state index in [1.165, 1.54) is 0 Å². The summed E-state index contributed by atoms with van der Waals surface area (Å²) in [7, 11) is 1.69. The Kier molecular flexibility index (Phi) is 4.40. The van der Waals surface area contributed by atoms with Gasteiger partial charge in [-0.2, -0.15) is 5.21 Å². The van der Waals surface area contributed by atoms with Crippen LogP contribution in [-0.4, -0.2) is 48.6 Å².